The fraction of sp³-hybridized carbons (Fsp3) is 0.167. The first-order valence-corrected chi connectivity index (χ1v) is 6.77. The largest absolute Gasteiger partial charge is 0.378 e. The molecule has 1 nitrogen and oxygen atoms in total. The van der Waals surface area contributed by atoms with E-state index in [1.165, 1.54) is 14.1 Å². The van der Waals surface area contributed by atoms with Crippen molar-refractivity contribution in [2.24, 2.45) is 0 Å². The third-order valence-electron chi connectivity index (χ3n) is 2.20. The zero-order chi connectivity index (χ0) is 10.7. The Bertz CT molecular complexity index is 408. The summed E-state index contributed by atoms with van der Waals surface area (Å²) in [4.78, 5) is 1.37. The standard InChI is InChI=1S/C12H12INS/c1-9(12-3-2-8-15-12)14-11-6-4-10(13)5-7-11/h2-9,14H,1H3. The lowest BCUT2D eigenvalue weighted by Gasteiger charge is -2.13. The Morgan fingerprint density at radius 1 is 1.20 bits per heavy atom. The molecule has 0 aliphatic carbocycles. The van der Waals surface area contributed by atoms with E-state index in [4.69, 9.17) is 0 Å². The molecule has 15 heavy (non-hydrogen) atoms. The molecular formula is C12H12INS. The van der Waals surface area contributed by atoms with Crippen molar-refractivity contribution < 1.29 is 0 Å². The molecule has 0 saturated heterocycles. The van der Waals surface area contributed by atoms with Crippen LogP contribution < -0.4 is 5.32 Å². The summed E-state index contributed by atoms with van der Waals surface area (Å²) in [7, 11) is 0. The van der Waals surface area contributed by atoms with Gasteiger partial charge in [0.2, 0.25) is 0 Å². The monoisotopic (exact) mass is 329 g/mol. The molecule has 0 bridgehead atoms. The van der Waals surface area contributed by atoms with Gasteiger partial charge in [0.15, 0.2) is 0 Å². The van der Waals surface area contributed by atoms with Gasteiger partial charge in [0.1, 0.15) is 0 Å². The Kier molecular flexibility index (Phi) is 3.64. The Balaban J connectivity index is 2.06. The highest BCUT2D eigenvalue weighted by Gasteiger charge is 2.05. The van der Waals surface area contributed by atoms with Gasteiger partial charge in [-0.25, -0.2) is 0 Å². The van der Waals surface area contributed by atoms with Crippen LogP contribution in [0.5, 0.6) is 0 Å². The number of halogens is 1. The van der Waals surface area contributed by atoms with Gasteiger partial charge in [-0.1, -0.05) is 6.07 Å². The second-order valence-corrected chi connectivity index (χ2v) is 5.61. The minimum absolute atomic E-state index is 0.380. The van der Waals surface area contributed by atoms with Crippen LogP contribution in [-0.2, 0) is 0 Å². The number of anilines is 1. The molecule has 1 heterocycles. The fourth-order valence-corrected chi connectivity index (χ4v) is 2.50. The average Bonchev–Trinajstić information content (AvgIpc) is 2.74. The van der Waals surface area contributed by atoms with Crippen molar-refractivity contribution in [1.29, 1.82) is 0 Å². The second-order valence-electron chi connectivity index (χ2n) is 3.39. The minimum Gasteiger partial charge on any atom is -0.378 e. The molecule has 0 saturated carbocycles. The first-order chi connectivity index (χ1) is 7.25. The highest BCUT2D eigenvalue weighted by molar-refractivity contribution is 14.1. The number of hydrogen-bond donors (Lipinski definition) is 1. The SMILES string of the molecule is CC(Nc1ccc(I)cc1)c1cccs1. The molecule has 1 aromatic carbocycles. The lowest BCUT2D eigenvalue weighted by atomic mass is 10.2. The maximum absolute atomic E-state index is 3.48. The Hall–Kier alpha value is -0.550. The molecule has 0 aliphatic heterocycles. The molecule has 1 unspecified atom stereocenters. The number of hydrogen-bond acceptors (Lipinski definition) is 2. The third kappa shape index (κ3) is 2.95. The van der Waals surface area contributed by atoms with E-state index >= 15 is 0 Å². The molecule has 0 fully saturated rings. The quantitative estimate of drug-likeness (QED) is 0.816. The molecule has 3 heteroatoms. The second kappa shape index (κ2) is 4.99. The van der Waals surface area contributed by atoms with Gasteiger partial charge in [-0.05, 0) is 65.2 Å². The number of benzene rings is 1. The smallest absolute Gasteiger partial charge is 0.0578 e. The van der Waals surface area contributed by atoms with Crippen LogP contribution in [-0.4, -0.2) is 0 Å². The van der Waals surface area contributed by atoms with Gasteiger partial charge in [-0.2, -0.15) is 0 Å². The zero-order valence-electron chi connectivity index (χ0n) is 8.41. The zero-order valence-corrected chi connectivity index (χ0v) is 11.4. The topological polar surface area (TPSA) is 12.0 Å². The first kappa shape index (κ1) is 11.0. The number of rotatable bonds is 3. The maximum atomic E-state index is 3.48. The molecule has 1 aromatic heterocycles. The van der Waals surface area contributed by atoms with Crippen LogP contribution in [0.25, 0.3) is 0 Å². The van der Waals surface area contributed by atoms with E-state index in [1.807, 2.05) is 0 Å². The number of nitrogens with one attached hydrogen (secondary N) is 1. The summed E-state index contributed by atoms with van der Waals surface area (Å²) in [6.45, 7) is 2.18. The molecule has 2 aromatic rings. The summed E-state index contributed by atoms with van der Waals surface area (Å²) in [6, 6.07) is 13.1. The van der Waals surface area contributed by atoms with E-state index in [9.17, 15) is 0 Å². The van der Waals surface area contributed by atoms with Crippen LogP contribution in [0.1, 0.15) is 17.8 Å². The molecule has 1 N–H and O–H groups in total. The summed E-state index contributed by atoms with van der Waals surface area (Å²) >= 11 is 4.10. The first-order valence-electron chi connectivity index (χ1n) is 4.81. The maximum Gasteiger partial charge on any atom is 0.0578 e. The molecule has 0 amide bonds. The van der Waals surface area contributed by atoms with Crippen LogP contribution >= 0.6 is 33.9 Å². The number of thiophene rings is 1. The van der Waals surface area contributed by atoms with Crippen molar-refractivity contribution in [3.05, 3.63) is 50.2 Å². The summed E-state index contributed by atoms with van der Waals surface area (Å²) in [5, 5.41) is 5.59. The van der Waals surface area contributed by atoms with Gasteiger partial charge < -0.3 is 5.32 Å². The average molecular weight is 329 g/mol. The normalized spacial score (nSPS) is 12.4. The van der Waals surface area contributed by atoms with Crippen LogP contribution in [0.3, 0.4) is 0 Å². The van der Waals surface area contributed by atoms with E-state index in [0.29, 0.717) is 6.04 Å². The molecule has 0 spiro atoms. The van der Waals surface area contributed by atoms with Gasteiger partial charge in [0.25, 0.3) is 0 Å². The van der Waals surface area contributed by atoms with Crippen LogP contribution in [0, 0.1) is 3.57 Å². The molecule has 2 rings (SSSR count). The summed E-state index contributed by atoms with van der Waals surface area (Å²) in [6.07, 6.45) is 0. The molecule has 78 valence electrons. The molecular weight excluding hydrogens is 317 g/mol. The van der Waals surface area contributed by atoms with Gasteiger partial charge >= 0.3 is 0 Å². The lowest BCUT2D eigenvalue weighted by Crippen LogP contribution is -2.04. The Morgan fingerprint density at radius 2 is 1.93 bits per heavy atom. The highest BCUT2D eigenvalue weighted by Crippen LogP contribution is 2.23. The summed E-state index contributed by atoms with van der Waals surface area (Å²) < 4.78 is 1.27. The van der Waals surface area contributed by atoms with Crippen molar-refractivity contribution in [2.45, 2.75) is 13.0 Å². The summed E-state index contributed by atoms with van der Waals surface area (Å²) in [5.74, 6) is 0. The van der Waals surface area contributed by atoms with Crippen molar-refractivity contribution in [3.8, 4) is 0 Å². The molecule has 0 aliphatic rings. The Labute approximate surface area is 108 Å². The van der Waals surface area contributed by atoms with E-state index in [0.717, 1.165) is 0 Å². The van der Waals surface area contributed by atoms with Crippen LogP contribution in [0.4, 0.5) is 5.69 Å². The van der Waals surface area contributed by atoms with Crippen molar-refractivity contribution in [2.75, 3.05) is 5.32 Å². The van der Waals surface area contributed by atoms with E-state index in [-0.39, 0.29) is 0 Å². The molecule has 1 atom stereocenters. The summed E-state index contributed by atoms with van der Waals surface area (Å²) in [5.41, 5.74) is 1.18. The third-order valence-corrected chi connectivity index (χ3v) is 3.97. The predicted octanol–water partition coefficient (Wildman–Crippen LogP) is 4.53. The van der Waals surface area contributed by atoms with Gasteiger partial charge in [-0.15, -0.1) is 11.3 Å². The van der Waals surface area contributed by atoms with Gasteiger partial charge in [0.05, 0.1) is 6.04 Å². The lowest BCUT2D eigenvalue weighted by molar-refractivity contribution is 0.908. The Morgan fingerprint density at radius 3 is 2.53 bits per heavy atom. The predicted molar refractivity (Wildman–Crippen MR) is 75.5 cm³/mol. The van der Waals surface area contributed by atoms with E-state index in [2.05, 4.69) is 76.6 Å². The van der Waals surface area contributed by atoms with Crippen LogP contribution in [0.2, 0.25) is 0 Å². The van der Waals surface area contributed by atoms with Gasteiger partial charge in [0, 0.05) is 14.1 Å². The van der Waals surface area contributed by atoms with E-state index in [1.54, 1.807) is 11.3 Å². The van der Waals surface area contributed by atoms with Crippen molar-refractivity contribution in [1.82, 2.24) is 0 Å². The van der Waals surface area contributed by atoms with E-state index < -0.39 is 0 Å². The van der Waals surface area contributed by atoms with Crippen LogP contribution in [0.15, 0.2) is 41.8 Å². The fourth-order valence-electron chi connectivity index (χ4n) is 1.40. The van der Waals surface area contributed by atoms with Crippen molar-refractivity contribution >= 4 is 39.6 Å². The van der Waals surface area contributed by atoms with Crippen molar-refractivity contribution in [3.63, 3.8) is 0 Å². The minimum atomic E-state index is 0.380. The van der Waals surface area contributed by atoms with Gasteiger partial charge in [-0.3, -0.25) is 0 Å². The molecule has 0 radical (unpaired) electrons. The highest BCUT2D eigenvalue weighted by atomic mass is 127.